The van der Waals surface area contributed by atoms with Crippen molar-refractivity contribution in [3.63, 3.8) is 0 Å². The Labute approximate surface area is 226 Å². The summed E-state index contributed by atoms with van der Waals surface area (Å²) in [7, 11) is 0. The van der Waals surface area contributed by atoms with Crippen LogP contribution in [0.2, 0.25) is 0 Å². The standard InChI is InChI=1S/C30H29FN6O2/c1-20-19-23(5-12-27(20)31)29(39)37-17-15-36(16-18-37)26-10-8-25(9-11-26)34-30-32-14-13-28(35-30)22-3-6-24(7-4-22)33-21(2)38/h3-14,19H,15-18H2,1-2H3,(H,33,38)(H,32,34,35). The summed E-state index contributed by atoms with van der Waals surface area (Å²) < 4.78 is 13.6. The number of nitrogens with one attached hydrogen (secondary N) is 2. The lowest BCUT2D eigenvalue weighted by Crippen LogP contribution is -2.48. The predicted octanol–water partition coefficient (Wildman–Crippen LogP) is 5.26. The Kier molecular flexibility index (Phi) is 7.49. The van der Waals surface area contributed by atoms with Crippen molar-refractivity contribution in [1.29, 1.82) is 0 Å². The highest BCUT2D eigenvalue weighted by Gasteiger charge is 2.22. The second-order valence-electron chi connectivity index (χ2n) is 9.44. The number of hydrogen-bond donors (Lipinski definition) is 2. The van der Waals surface area contributed by atoms with Gasteiger partial charge in [-0.3, -0.25) is 9.59 Å². The minimum atomic E-state index is -0.303. The Morgan fingerprint density at radius 3 is 2.23 bits per heavy atom. The van der Waals surface area contributed by atoms with Gasteiger partial charge in [0.15, 0.2) is 0 Å². The van der Waals surface area contributed by atoms with Crippen molar-refractivity contribution in [1.82, 2.24) is 14.9 Å². The van der Waals surface area contributed by atoms with Gasteiger partial charge in [0.25, 0.3) is 5.91 Å². The number of rotatable bonds is 6. The second-order valence-corrected chi connectivity index (χ2v) is 9.44. The highest BCUT2D eigenvalue weighted by molar-refractivity contribution is 5.94. The Hall–Kier alpha value is -4.79. The van der Waals surface area contributed by atoms with Crippen molar-refractivity contribution in [2.45, 2.75) is 13.8 Å². The van der Waals surface area contributed by atoms with Crippen molar-refractivity contribution in [3.05, 3.63) is 95.9 Å². The number of carbonyl (C=O) groups excluding carboxylic acids is 2. The number of carbonyl (C=O) groups is 2. The van der Waals surface area contributed by atoms with Gasteiger partial charge in [0, 0.05) is 67.5 Å². The average molecular weight is 525 g/mol. The molecule has 3 aromatic carbocycles. The highest BCUT2D eigenvalue weighted by Crippen LogP contribution is 2.24. The summed E-state index contributed by atoms with van der Waals surface area (Å²) >= 11 is 0. The maximum atomic E-state index is 13.6. The maximum absolute atomic E-state index is 13.6. The lowest BCUT2D eigenvalue weighted by Gasteiger charge is -2.36. The second kappa shape index (κ2) is 11.3. The molecule has 0 bridgehead atoms. The third-order valence-corrected chi connectivity index (χ3v) is 6.62. The smallest absolute Gasteiger partial charge is 0.253 e. The van der Waals surface area contributed by atoms with Gasteiger partial charge in [-0.05, 0) is 73.2 Å². The fourth-order valence-electron chi connectivity index (χ4n) is 4.52. The monoisotopic (exact) mass is 524 g/mol. The molecule has 1 aromatic heterocycles. The molecule has 5 rings (SSSR count). The van der Waals surface area contributed by atoms with Gasteiger partial charge in [0.05, 0.1) is 5.69 Å². The number of hydrogen-bond acceptors (Lipinski definition) is 6. The molecular formula is C30H29FN6O2. The van der Waals surface area contributed by atoms with Crippen LogP contribution in [0.4, 0.5) is 27.4 Å². The van der Waals surface area contributed by atoms with E-state index in [2.05, 4.69) is 25.5 Å². The van der Waals surface area contributed by atoms with E-state index in [0.717, 1.165) is 28.3 Å². The van der Waals surface area contributed by atoms with E-state index in [-0.39, 0.29) is 17.6 Å². The van der Waals surface area contributed by atoms with Crippen LogP contribution in [0.15, 0.2) is 79.0 Å². The summed E-state index contributed by atoms with van der Waals surface area (Å²) in [5.41, 5.74) is 5.33. The van der Waals surface area contributed by atoms with E-state index in [0.29, 0.717) is 43.3 Å². The number of amides is 2. The summed E-state index contributed by atoms with van der Waals surface area (Å²) in [6, 6.07) is 21.9. The molecule has 1 fully saturated rings. The molecule has 0 saturated carbocycles. The summed E-state index contributed by atoms with van der Waals surface area (Å²) in [4.78, 5) is 37.1. The van der Waals surface area contributed by atoms with E-state index in [9.17, 15) is 14.0 Å². The molecule has 0 radical (unpaired) electrons. The van der Waals surface area contributed by atoms with E-state index >= 15 is 0 Å². The van der Waals surface area contributed by atoms with E-state index in [1.54, 1.807) is 25.3 Å². The number of anilines is 4. The predicted molar refractivity (Wildman–Crippen MR) is 151 cm³/mol. The van der Waals surface area contributed by atoms with Crippen LogP contribution in [-0.2, 0) is 4.79 Å². The molecule has 1 saturated heterocycles. The first-order valence-electron chi connectivity index (χ1n) is 12.7. The Morgan fingerprint density at radius 1 is 0.872 bits per heavy atom. The first-order chi connectivity index (χ1) is 18.9. The van der Waals surface area contributed by atoms with E-state index in [4.69, 9.17) is 0 Å². The Balaban J connectivity index is 1.18. The van der Waals surface area contributed by atoms with E-state index < -0.39 is 0 Å². The molecule has 8 nitrogen and oxygen atoms in total. The van der Waals surface area contributed by atoms with Gasteiger partial charge in [0.1, 0.15) is 5.82 Å². The average Bonchev–Trinajstić information content (AvgIpc) is 2.95. The molecule has 0 aliphatic carbocycles. The Morgan fingerprint density at radius 2 is 1.56 bits per heavy atom. The van der Waals surface area contributed by atoms with Gasteiger partial charge in [-0.15, -0.1) is 0 Å². The molecule has 39 heavy (non-hydrogen) atoms. The number of piperazine rings is 1. The molecular weight excluding hydrogens is 495 g/mol. The highest BCUT2D eigenvalue weighted by atomic mass is 19.1. The van der Waals surface area contributed by atoms with Crippen LogP contribution < -0.4 is 15.5 Å². The number of halogens is 1. The molecule has 9 heteroatoms. The van der Waals surface area contributed by atoms with Gasteiger partial charge < -0.3 is 20.4 Å². The third-order valence-electron chi connectivity index (χ3n) is 6.62. The van der Waals surface area contributed by atoms with E-state index in [1.165, 1.54) is 13.0 Å². The molecule has 4 aromatic rings. The number of benzene rings is 3. The molecule has 2 amide bonds. The lowest BCUT2D eigenvalue weighted by atomic mass is 10.1. The fourth-order valence-corrected chi connectivity index (χ4v) is 4.52. The molecule has 198 valence electrons. The molecule has 0 atom stereocenters. The molecule has 1 aliphatic rings. The van der Waals surface area contributed by atoms with Gasteiger partial charge in [0.2, 0.25) is 11.9 Å². The van der Waals surface area contributed by atoms with Crippen LogP contribution in [0, 0.1) is 12.7 Å². The van der Waals surface area contributed by atoms with Crippen molar-refractivity contribution in [2.75, 3.05) is 41.7 Å². The normalized spacial score (nSPS) is 13.2. The number of aromatic nitrogens is 2. The summed E-state index contributed by atoms with van der Waals surface area (Å²) in [6.45, 7) is 5.77. The van der Waals surface area contributed by atoms with Crippen LogP contribution >= 0.6 is 0 Å². The fraction of sp³-hybridized carbons (Fsp3) is 0.200. The van der Waals surface area contributed by atoms with Crippen molar-refractivity contribution in [2.24, 2.45) is 0 Å². The van der Waals surface area contributed by atoms with Gasteiger partial charge in [-0.25, -0.2) is 14.4 Å². The van der Waals surface area contributed by atoms with Crippen LogP contribution in [-0.4, -0.2) is 52.9 Å². The minimum Gasteiger partial charge on any atom is -0.368 e. The minimum absolute atomic E-state index is 0.0665. The zero-order chi connectivity index (χ0) is 27.4. The molecule has 0 unspecified atom stereocenters. The summed E-state index contributed by atoms with van der Waals surface area (Å²) in [6.07, 6.45) is 1.70. The maximum Gasteiger partial charge on any atom is 0.253 e. The van der Waals surface area contributed by atoms with Gasteiger partial charge in [-0.2, -0.15) is 0 Å². The first-order valence-corrected chi connectivity index (χ1v) is 12.7. The van der Waals surface area contributed by atoms with Crippen LogP contribution in [0.25, 0.3) is 11.3 Å². The van der Waals surface area contributed by atoms with Gasteiger partial charge >= 0.3 is 0 Å². The molecule has 2 N–H and O–H groups in total. The molecule has 0 spiro atoms. The number of aryl methyl sites for hydroxylation is 1. The van der Waals surface area contributed by atoms with Gasteiger partial charge in [-0.1, -0.05) is 12.1 Å². The van der Waals surface area contributed by atoms with Crippen molar-refractivity contribution in [3.8, 4) is 11.3 Å². The van der Waals surface area contributed by atoms with Crippen LogP contribution in [0.5, 0.6) is 0 Å². The van der Waals surface area contributed by atoms with Crippen LogP contribution in [0.1, 0.15) is 22.8 Å². The van der Waals surface area contributed by atoms with Crippen molar-refractivity contribution < 1.29 is 14.0 Å². The number of nitrogens with zero attached hydrogens (tertiary/aromatic N) is 4. The van der Waals surface area contributed by atoms with Crippen LogP contribution in [0.3, 0.4) is 0 Å². The topological polar surface area (TPSA) is 90.5 Å². The van der Waals surface area contributed by atoms with E-state index in [1.807, 2.05) is 59.5 Å². The zero-order valence-corrected chi connectivity index (χ0v) is 21.8. The summed E-state index contributed by atoms with van der Waals surface area (Å²) in [5, 5.41) is 6.01. The lowest BCUT2D eigenvalue weighted by molar-refractivity contribution is -0.114. The summed E-state index contributed by atoms with van der Waals surface area (Å²) in [5.74, 6) is -0.00257. The third kappa shape index (κ3) is 6.20. The van der Waals surface area contributed by atoms with Crippen molar-refractivity contribution >= 4 is 34.8 Å². The SMILES string of the molecule is CC(=O)Nc1ccc(-c2ccnc(Nc3ccc(N4CCN(C(=O)c5ccc(F)c(C)c5)CC4)cc3)n2)cc1. The quantitative estimate of drug-likeness (QED) is 0.358. The largest absolute Gasteiger partial charge is 0.368 e. The molecule has 2 heterocycles. The zero-order valence-electron chi connectivity index (χ0n) is 21.8. The first kappa shape index (κ1) is 25.8. The Bertz CT molecular complexity index is 1480. The molecule has 1 aliphatic heterocycles.